The summed E-state index contributed by atoms with van der Waals surface area (Å²) in [5.41, 5.74) is 4.10. The summed E-state index contributed by atoms with van der Waals surface area (Å²) in [5.74, 6) is 0. The molecule has 0 aliphatic carbocycles. The van der Waals surface area contributed by atoms with Crippen LogP contribution in [0.15, 0.2) is 24.4 Å². The van der Waals surface area contributed by atoms with Crippen molar-refractivity contribution in [2.24, 2.45) is 0 Å². The molecule has 2 rings (SSSR count). The van der Waals surface area contributed by atoms with E-state index in [1.165, 1.54) is 5.56 Å². The summed E-state index contributed by atoms with van der Waals surface area (Å²) in [6.07, 6.45) is 1.03. The van der Waals surface area contributed by atoms with E-state index in [1.54, 1.807) is 10.9 Å². The van der Waals surface area contributed by atoms with Gasteiger partial charge in [0.05, 0.1) is 29.6 Å². The van der Waals surface area contributed by atoms with Gasteiger partial charge in [0.15, 0.2) is 0 Å². The molecular formula is C14H17ClN2O. The van der Waals surface area contributed by atoms with E-state index in [-0.39, 0.29) is 0 Å². The average Bonchev–Trinajstić information content (AvgIpc) is 2.61. The molecular weight excluding hydrogens is 248 g/mol. The topological polar surface area (TPSA) is 38.0 Å². The van der Waals surface area contributed by atoms with Gasteiger partial charge in [-0.3, -0.25) is 4.68 Å². The van der Waals surface area contributed by atoms with E-state index in [0.29, 0.717) is 11.6 Å². The van der Waals surface area contributed by atoms with Crippen LogP contribution in [0.25, 0.3) is 0 Å². The largest absolute Gasteiger partial charge is 0.386 e. The van der Waals surface area contributed by atoms with E-state index in [2.05, 4.69) is 11.2 Å². The predicted molar refractivity (Wildman–Crippen MR) is 72.8 cm³/mol. The molecule has 1 heterocycles. The van der Waals surface area contributed by atoms with E-state index in [9.17, 15) is 5.11 Å². The summed E-state index contributed by atoms with van der Waals surface area (Å²) in [6, 6.07) is 6.05. The summed E-state index contributed by atoms with van der Waals surface area (Å²) in [6.45, 7) is 6.36. The Kier molecular flexibility index (Phi) is 3.73. The van der Waals surface area contributed by atoms with Crippen LogP contribution in [0.1, 0.15) is 28.5 Å². The van der Waals surface area contributed by atoms with Crippen LogP contribution in [0.5, 0.6) is 0 Å². The van der Waals surface area contributed by atoms with Gasteiger partial charge in [-0.15, -0.1) is 0 Å². The Balaban J connectivity index is 2.22. The van der Waals surface area contributed by atoms with E-state index < -0.39 is 6.10 Å². The second-order valence-corrected chi connectivity index (χ2v) is 5.04. The normalized spacial score (nSPS) is 12.7. The van der Waals surface area contributed by atoms with Crippen LogP contribution in [0, 0.1) is 20.8 Å². The van der Waals surface area contributed by atoms with Crippen molar-refractivity contribution in [3.8, 4) is 0 Å². The fourth-order valence-electron chi connectivity index (χ4n) is 2.07. The highest BCUT2D eigenvalue weighted by atomic mass is 35.5. The molecule has 2 aromatic rings. The molecule has 0 amide bonds. The zero-order valence-corrected chi connectivity index (χ0v) is 11.6. The summed E-state index contributed by atoms with van der Waals surface area (Å²) >= 11 is 5.95. The Morgan fingerprint density at radius 3 is 2.61 bits per heavy atom. The Labute approximate surface area is 112 Å². The lowest BCUT2D eigenvalue weighted by Gasteiger charge is -2.15. The van der Waals surface area contributed by atoms with Gasteiger partial charge in [0, 0.05) is 0 Å². The van der Waals surface area contributed by atoms with E-state index in [4.69, 9.17) is 11.6 Å². The predicted octanol–water partition coefficient (Wildman–Crippen LogP) is 3.20. The van der Waals surface area contributed by atoms with Crippen LogP contribution >= 0.6 is 11.6 Å². The van der Waals surface area contributed by atoms with Gasteiger partial charge >= 0.3 is 0 Å². The van der Waals surface area contributed by atoms with Gasteiger partial charge in [-0.25, -0.2) is 0 Å². The molecule has 0 aliphatic heterocycles. The van der Waals surface area contributed by atoms with Crippen molar-refractivity contribution in [3.05, 3.63) is 51.8 Å². The van der Waals surface area contributed by atoms with E-state index in [1.807, 2.05) is 32.9 Å². The van der Waals surface area contributed by atoms with Crippen LogP contribution in [0.2, 0.25) is 5.02 Å². The van der Waals surface area contributed by atoms with Gasteiger partial charge in [-0.2, -0.15) is 5.10 Å². The molecule has 0 fully saturated rings. The SMILES string of the molecule is Cc1ccc(C(O)Cn2ncc(Cl)c2C)c(C)c1. The van der Waals surface area contributed by atoms with Crippen molar-refractivity contribution in [3.63, 3.8) is 0 Å². The van der Waals surface area contributed by atoms with Gasteiger partial charge in [0.1, 0.15) is 0 Å². The highest BCUT2D eigenvalue weighted by molar-refractivity contribution is 6.31. The molecule has 0 saturated carbocycles. The number of aromatic nitrogens is 2. The summed E-state index contributed by atoms with van der Waals surface area (Å²) in [7, 11) is 0. The molecule has 0 bridgehead atoms. The Hall–Kier alpha value is -1.32. The van der Waals surface area contributed by atoms with Crippen molar-refractivity contribution >= 4 is 11.6 Å². The fraction of sp³-hybridized carbons (Fsp3) is 0.357. The molecule has 18 heavy (non-hydrogen) atoms. The molecule has 3 nitrogen and oxygen atoms in total. The lowest BCUT2D eigenvalue weighted by molar-refractivity contribution is 0.150. The van der Waals surface area contributed by atoms with Crippen LogP contribution in [-0.2, 0) is 6.54 Å². The molecule has 1 N–H and O–H groups in total. The Bertz CT molecular complexity index is 563. The number of aliphatic hydroxyl groups excluding tert-OH is 1. The van der Waals surface area contributed by atoms with E-state index in [0.717, 1.165) is 16.8 Å². The number of rotatable bonds is 3. The molecule has 1 aromatic carbocycles. The van der Waals surface area contributed by atoms with E-state index >= 15 is 0 Å². The first-order valence-corrected chi connectivity index (χ1v) is 6.30. The lowest BCUT2D eigenvalue weighted by atomic mass is 10.0. The molecule has 96 valence electrons. The van der Waals surface area contributed by atoms with Crippen molar-refractivity contribution in [2.75, 3.05) is 0 Å². The van der Waals surface area contributed by atoms with Crippen molar-refractivity contribution < 1.29 is 5.11 Å². The van der Waals surface area contributed by atoms with Crippen LogP contribution in [0.3, 0.4) is 0 Å². The molecule has 4 heteroatoms. The Morgan fingerprint density at radius 1 is 1.33 bits per heavy atom. The first-order chi connectivity index (χ1) is 8.49. The second kappa shape index (κ2) is 5.12. The number of aryl methyl sites for hydroxylation is 2. The maximum Gasteiger partial charge on any atom is 0.0988 e. The highest BCUT2D eigenvalue weighted by Crippen LogP contribution is 2.22. The smallest absolute Gasteiger partial charge is 0.0988 e. The molecule has 0 saturated heterocycles. The van der Waals surface area contributed by atoms with Crippen LogP contribution in [-0.4, -0.2) is 14.9 Å². The minimum Gasteiger partial charge on any atom is -0.386 e. The number of benzene rings is 1. The minimum absolute atomic E-state index is 0.419. The monoisotopic (exact) mass is 264 g/mol. The van der Waals surface area contributed by atoms with Crippen molar-refractivity contribution in [2.45, 2.75) is 33.4 Å². The second-order valence-electron chi connectivity index (χ2n) is 4.64. The van der Waals surface area contributed by atoms with Gasteiger partial charge < -0.3 is 5.11 Å². The van der Waals surface area contributed by atoms with Gasteiger partial charge in [0.25, 0.3) is 0 Å². The lowest BCUT2D eigenvalue weighted by Crippen LogP contribution is -2.12. The third-order valence-corrected chi connectivity index (χ3v) is 3.54. The zero-order valence-electron chi connectivity index (χ0n) is 10.8. The van der Waals surface area contributed by atoms with Crippen LogP contribution < -0.4 is 0 Å². The fourth-order valence-corrected chi connectivity index (χ4v) is 2.21. The van der Waals surface area contributed by atoms with Crippen molar-refractivity contribution in [1.82, 2.24) is 9.78 Å². The van der Waals surface area contributed by atoms with Crippen LogP contribution in [0.4, 0.5) is 0 Å². The first kappa shape index (κ1) is 13.1. The maximum absolute atomic E-state index is 10.3. The van der Waals surface area contributed by atoms with Crippen molar-refractivity contribution in [1.29, 1.82) is 0 Å². The Morgan fingerprint density at radius 2 is 2.06 bits per heavy atom. The average molecular weight is 265 g/mol. The number of aliphatic hydroxyl groups is 1. The third kappa shape index (κ3) is 2.57. The highest BCUT2D eigenvalue weighted by Gasteiger charge is 2.13. The van der Waals surface area contributed by atoms with Gasteiger partial charge in [0.2, 0.25) is 0 Å². The summed E-state index contributed by atoms with van der Waals surface area (Å²) in [4.78, 5) is 0. The maximum atomic E-state index is 10.3. The van der Waals surface area contributed by atoms with Gasteiger partial charge in [-0.05, 0) is 31.9 Å². The first-order valence-electron chi connectivity index (χ1n) is 5.92. The summed E-state index contributed by atoms with van der Waals surface area (Å²) < 4.78 is 1.73. The zero-order chi connectivity index (χ0) is 13.3. The minimum atomic E-state index is -0.569. The molecule has 1 unspecified atom stereocenters. The number of hydrogen-bond acceptors (Lipinski definition) is 2. The molecule has 0 spiro atoms. The number of halogens is 1. The van der Waals surface area contributed by atoms with Gasteiger partial charge in [-0.1, -0.05) is 35.4 Å². The quantitative estimate of drug-likeness (QED) is 0.925. The molecule has 1 aromatic heterocycles. The molecule has 1 atom stereocenters. The standard InChI is InChI=1S/C14H17ClN2O/c1-9-4-5-12(10(2)6-9)14(18)8-17-11(3)13(15)7-16-17/h4-7,14,18H,8H2,1-3H3. The number of nitrogens with zero attached hydrogens (tertiary/aromatic N) is 2. The molecule has 0 radical (unpaired) electrons. The number of hydrogen-bond donors (Lipinski definition) is 1. The summed E-state index contributed by atoms with van der Waals surface area (Å²) in [5, 5.41) is 15.1. The third-order valence-electron chi connectivity index (χ3n) is 3.17. The molecule has 0 aliphatic rings.